The molecule has 0 spiro atoms. The van der Waals surface area contributed by atoms with Crippen molar-refractivity contribution in [2.75, 3.05) is 11.9 Å². The molecule has 1 saturated carbocycles. The van der Waals surface area contributed by atoms with E-state index < -0.39 is 0 Å². The number of fused-ring (bicyclic) bond motifs is 1. The number of esters is 1. The predicted molar refractivity (Wildman–Crippen MR) is 108 cm³/mol. The highest BCUT2D eigenvalue weighted by Crippen LogP contribution is 2.27. The summed E-state index contributed by atoms with van der Waals surface area (Å²) in [5.41, 5.74) is 1.67. The van der Waals surface area contributed by atoms with Crippen LogP contribution < -0.4 is 5.32 Å². The zero-order chi connectivity index (χ0) is 18.6. The molecule has 0 unspecified atom stereocenters. The van der Waals surface area contributed by atoms with E-state index in [2.05, 4.69) is 37.2 Å². The summed E-state index contributed by atoms with van der Waals surface area (Å²) < 4.78 is 8.69. The van der Waals surface area contributed by atoms with Gasteiger partial charge >= 0.3 is 5.97 Å². The maximum Gasteiger partial charge on any atom is 0.327 e. The summed E-state index contributed by atoms with van der Waals surface area (Å²) in [6, 6.07) is 2.06. The Hall–Kier alpha value is -2.90. The molecule has 0 aliphatic heterocycles. The molecule has 3 aromatic heterocycles. The van der Waals surface area contributed by atoms with Crippen molar-refractivity contribution >= 4 is 28.6 Å². The summed E-state index contributed by atoms with van der Waals surface area (Å²) in [6.45, 7) is 3.24. The number of hydrogen-bond donors (Lipinski definition) is 1. The fraction of sp³-hybridized carbons (Fsp3) is 0.500. The lowest BCUT2D eigenvalue weighted by Crippen LogP contribution is -2.13. The van der Waals surface area contributed by atoms with Crippen molar-refractivity contribution in [2.24, 2.45) is 5.92 Å². The van der Waals surface area contributed by atoms with Crippen molar-refractivity contribution in [1.82, 2.24) is 24.3 Å². The summed E-state index contributed by atoms with van der Waals surface area (Å²) in [5, 5.41) is 8.37. The van der Waals surface area contributed by atoms with E-state index in [1.54, 1.807) is 19.3 Å². The largest absolute Gasteiger partial charge is 0.465 e. The van der Waals surface area contributed by atoms with Crippen molar-refractivity contribution in [1.29, 1.82) is 0 Å². The minimum absolute atomic E-state index is 0. The molecular formula is C20H28N6O2. The number of nitrogens with zero attached hydrogens (tertiary/aromatic N) is 5. The van der Waals surface area contributed by atoms with E-state index in [1.807, 2.05) is 6.20 Å². The molecule has 150 valence electrons. The van der Waals surface area contributed by atoms with Crippen molar-refractivity contribution in [2.45, 2.75) is 53.1 Å². The van der Waals surface area contributed by atoms with E-state index in [4.69, 9.17) is 4.74 Å². The van der Waals surface area contributed by atoms with E-state index in [1.165, 1.54) is 30.4 Å². The molecule has 3 aromatic rings. The second-order valence-corrected chi connectivity index (χ2v) is 6.95. The lowest BCUT2D eigenvalue weighted by molar-refractivity contribution is -0.144. The van der Waals surface area contributed by atoms with Gasteiger partial charge in [0.25, 0.3) is 0 Å². The van der Waals surface area contributed by atoms with Gasteiger partial charge in [0.15, 0.2) is 0 Å². The molecule has 8 nitrogen and oxygen atoms in total. The van der Waals surface area contributed by atoms with Crippen molar-refractivity contribution in [3.63, 3.8) is 0 Å². The lowest BCUT2D eigenvalue weighted by atomic mass is 10.1. The second kappa shape index (κ2) is 8.86. The first-order chi connectivity index (χ1) is 13.2. The second-order valence-electron chi connectivity index (χ2n) is 6.95. The van der Waals surface area contributed by atoms with E-state index in [-0.39, 0.29) is 19.9 Å². The number of anilines is 2. The first kappa shape index (κ1) is 19.9. The average molecular weight is 384 g/mol. The predicted octanol–water partition coefficient (Wildman–Crippen LogP) is 3.76. The van der Waals surface area contributed by atoms with Gasteiger partial charge in [0.2, 0.25) is 5.95 Å². The zero-order valence-electron chi connectivity index (χ0n) is 15.5. The molecule has 0 atom stereocenters. The van der Waals surface area contributed by atoms with E-state index >= 15 is 0 Å². The Labute approximate surface area is 164 Å². The fourth-order valence-corrected chi connectivity index (χ4v) is 3.63. The van der Waals surface area contributed by atoms with Gasteiger partial charge in [-0.1, -0.05) is 20.3 Å². The first-order valence-corrected chi connectivity index (χ1v) is 9.48. The molecule has 0 amide bonds. The van der Waals surface area contributed by atoms with Gasteiger partial charge in [-0.2, -0.15) is 10.1 Å². The molecule has 28 heavy (non-hydrogen) atoms. The van der Waals surface area contributed by atoms with Crippen LogP contribution in [0.5, 0.6) is 0 Å². The van der Waals surface area contributed by atoms with Crippen LogP contribution in [0.1, 0.15) is 40.0 Å². The molecule has 0 bridgehead atoms. The summed E-state index contributed by atoms with van der Waals surface area (Å²) in [7, 11) is 0. The van der Waals surface area contributed by atoms with Crippen molar-refractivity contribution < 1.29 is 9.53 Å². The summed E-state index contributed by atoms with van der Waals surface area (Å²) in [4.78, 5) is 20.6. The SMILES string of the molecule is C.CCOC(=O)Cn1cc(Nc2ncc3ccn(CC4CCCC4)c3n2)cn1. The monoisotopic (exact) mass is 384 g/mol. The first-order valence-electron chi connectivity index (χ1n) is 9.48. The van der Waals surface area contributed by atoms with Gasteiger partial charge in [-0.15, -0.1) is 0 Å². The van der Waals surface area contributed by atoms with Crippen LogP contribution in [0.15, 0.2) is 30.9 Å². The molecule has 0 aromatic carbocycles. The maximum atomic E-state index is 11.5. The third-order valence-electron chi connectivity index (χ3n) is 4.92. The third kappa shape index (κ3) is 4.49. The van der Waals surface area contributed by atoms with Gasteiger partial charge in [-0.05, 0) is 31.7 Å². The lowest BCUT2D eigenvalue weighted by Gasteiger charge is -2.11. The van der Waals surface area contributed by atoms with E-state index in [0.717, 1.165) is 29.2 Å². The van der Waals surface area contributed by atoms with Crippen LogP contribution >= 0.6 is 0 Å². The molecule has 8 heteroatoms. The normalized spacial score (nSPS) is 14.2. The number of rotatable bonds is 7. The number of ether oxygens (including phenoxy) is 1. The number of aromatic nitrogens is 5. The standard InChI is InChI=1S/C19H24N6O2.CH4/c1-2-27-17(26)13-25-12-16(10-21-25)22-19-20-9-15-7-8-24(18(15)23-19)11-14-5-3-4-6-14;/h7-10,12,14H,2-6,11,13H2,1H3,(H,20,22,23);1H4. The van der Waals surface area contributed by atoms with E-state index in [0.29, 0.717) is 12.6 Å². The molecule has 0 radical (unpaired) electrons. The Morgan fingerprint density at radius 1 is 1.32 bits per heavy atom. The Balaban J connectivity index is 0.00000225. The minimum Gasteiger partial charge on any atom is -0.465 e. The Morgan fingerprint density at radius 3 is 2.93 bits per heavy atom. The van der Waals surface area contributed by atoms with Gasteiger partial charge in [0, 0.05) is 30.5 Å². The van der Waals surface area contributed by atoms with Gasteiger partial charge < -0.3 is 14.6 Å². The Morgan fingerprint density at radius 2 is 2.14 bits per heavy atom. The molecule has 1 aliphatic rings. The highest BCUT2D eigenvalue weighted by molar-refractivity contribution is 5.76. The van der Waals surface area contributed by atoms with Crippen LogP contribution in [-0.2, 0) is 22.6 Å². The highest BCUT2D eigenvalue weighted by atomic mass is 16.5. The number of nitrogens with one attached hydrogen (secondary N) is 1. The van der Waals surface area contributed by atoms with Gasteiger partial charge in [-0.3, -0.25) is 9.48 Å². The molecule has 3 heterocycles. The number of carbonyl (C=O) groups is 1. The molecule has 4 rings (SSSR count). The quantitative estimate of drug-likeness (QED) is 0.624. The summed E-state index contributed by atoms with van der Waals surface area (Å²) >= 11 is 0. The Kier molecular flexibility index (Phi) is 6.28. The Bertz CT molecular complexity index is 926. The number of hydrogen-bond acceptors (Lipinski definition) is 6. The maximum absolute atomic E-state index is 11.5. The van der Waals surface area contributed by atoms with Crippen LogP contribution in [-0.4, -0.2) is 36.9 Å². The molecule has 1 aliphatic carbocycles. The van der Waals surface area contributed by atoms with Crippen molar-refractivity contribution in [3.8, 4) is 0 Å². The summed E-state index contributed by atoms with van der Waals surface area (Å²) in [5.74, 6) is 0.951. The number of carbonyl (C=O) groups excluding carboxylic acids is 1. The van der Waals surface area contributed by atoms with E-state index in [9.17, 15) is 4.79 Å². The van der Waals surface area contributed by atoms with Gasteiger partial charge in [0.05, 0.1) is 18.5 Å². The fourth-order valence-electron chi connectivity index (χ4n) is 3.63. The highest BCUT2D eigenvalue weighted by Gasteiger charge is 2.17. The van der Waals surface area contributed by atoms with Crippen LogP contribution in [0, 0.1) is 5.92 Å². The molecular weight excluding hydrogens is 356 g/mol. The smallest absolute Gasteiger partial charge is 0.327 e. The third-order valence-corrected chi connectivity index (χ3v) is 4.92. The topological polar surface area (TPSA) is 86.9 Å². The van der Waals surface area contributed by atoms with Crippen LogP contribution in [0.4, 0.5) is 11.6 Å². The van der Waals surface area contributed by atoms with Crippen LogP contribution in [0.2, 0.25) is 0 Å². The van der Waals surface area contributed by atoms with Crippen LogP contribution in [0.3, 0.4) is 0 Å². The van der Waals surface area contributed by atoms with Crippen LogP contribution in [0.25, 0.3) is 11.0 Å². The average Bonchev–Trinajstić information content (AvgIpc) is 3.39. The zero-order valence-corrected chi connectivity index (χ0v) is 15.5. The minimum atomic E-state index is -0.311. The van der Waals surface area contributed by atoms with Crippen molar-refractivity contribution in [3.05, 3.63) is 30.9 Å². The van der Waals surface area contributed by atoms with Gasteiger partial charge in [-0.25, -0.2) is 4.98 Å². The molecule has 0 saturated heterocycles. The molecule has 1 fully saturated rings. The van der Waals surface area contributed by atoms with Gasteiger partial charge in [0.1, 0.15) is 12.2 Å². The summed E-state index contributed by atoms with van der Waals surface area (Å²) in [6.07, 6.45) is 12.6. The molecule has 1 N–H and O–H groups in total.